The van der Waals surface area contributed by atoms with E-state index in [0.717, 1.165) is 13.0 Å². The number of carbonyl (C=O) groups is 1. The highest BCUT2D eigenvalue weighted by atomic mass is 16.6. The first kappa shape index (κ1) is 14.2. The van der Waals surface area contributed by atoms with Gasteiger partial charge in [-0.2, -0.15) is 0 Å². The molecule has 21 heavy (non-hydrogen) atoms. The van der Waals surface area contributed by atoms with E-state index in [1.165, 1.54) is 29.7 Å². The van der Waals surface area contributed by atoms with Crippen LogP contribution < -0.4 is 5.32 Å². The van der Waals surface area contributed by atoms with E-state index in [0.29, 0.717) is 12.6 Å². The summed E-state index contributed by atoms with van der Waals surface area (Å²) >= 11 is 0. The van der Waals surface area contributed by atoms with Crippen LogP contribution in [0.3, 0.4) is 0 Å². The van der Waals surface area contributed by atoms with E-state index in [4.69, 9.17) is 4.74 Å². The lowest BCUT2D eigenvalue weighted by Gasteiger charge is -2.31. The maximum atomic E-state index is 12.2. The van der Waals surface area contributed by atoms with Gasteiger partial charge in [0.1, 0.15) is 5.60 Å². The lowest BCUT2D eigenvalue weighted by Crippen LogP contribution is -2.39. The van der Waals surface area contributed by atoms with Crippen LogP contribution >= 0.6 is 0 Å². The molecule has 4 nitrogen and oxygen atoms in total. The minimum absolute atomic E-state index is 0.214. The molecule has 1 heterocycles. The van der Waals surface area contributed by atoms with Gasteiger partial charge >= 0.3 is 6.09 Å². The molecular formula is C17H24N2O2. The molecule has 0 atom stereocenters. The molecule has 0 aromatic heterocycles. The van der Waals surface area contributed by atoms with Crippen LogP contribution in [0.1, 0.15) is 44.7 Å². The fraction of sp³-hybridized carbons (Fsp3) is 0.588. The molecule has 0 bridgehead atoms. The lowest BCUT2D eigenvalue weighted by molar-refractivity contribution is 0.0224. The molecule has 1 N–H and O–H groups in total. The molecule has 1 aromatic rings. The monoisotopic (exact) mass is 288 g/mol. The van der Waals surface area contributed by atoms with E-state index in [1.807, 2.05) is 20.8 Å². The normalized spacial score (nSPS) is 18.1. The number of hydrogen-bond acceptors (Lipinski definition) is 3. The van der Waals surface area contributed by atoms with Crippen LogP contribution in [0, 0.1) is 0 Å². The molecule has 1 amide bonds. The molecule has 1 aromatic carbocycles. The summed E-state index contributed by atoms with van der Waals surface area (Å²) in [6.07, 6.45) is 3.22. The molecule has 3 rings (SSSR count). The third kappa shape index (κ3) is 3.69. The van der Waals surface area contributed by atoms with Crippen molar-refractivity contribution in [3.8, 4) is 0 Å². The minimum Gasteiger partial charge on any atom is -0.444 e. The Labute approximate surface area is 126 Å². The topological polar surface area (TPSA) is 41.6 Å². The number of nitrogens with one attached hydrogen (secondary N) is 1. The van der Waals surface area contributed by atoms with Crippen molar-refractivity contribution in [2.45, 2.75) is 58.2 Å². The summed E-state index contributed by atoms with van der Waals surface area (Å²) in [5, 5.41) is 3.51. The summed E-state index contributed by atoms with van der Waals surface area (Å²) in [5.74, 6) is 0. The number of nitrogens with zero attached hydrogens (tertiary/aromatic N) is 1. The van der Waals surface area contributed by atoms with Crippen LogP contribution in [-0.4, -0.2) is 29.2 Å². The average Bonchev–Trinajstić information content (AvgIpc) is 3.20. The second-order valence-electron chi connectivity index (χ2n) is 7.05. The van der Waals surface area contributed by atoms with Crippen LogP contribution in [0.25, 0.3) is 0 Å². The first-order chi connectivity index (χ1) is 9.90. The Morgan fingerprint density at radius 1 is 1.29 bits per heavy atom. The minimum atomic E-state index is -0.438. The van der Waals surface area contributed by atoms with Gasteiger partial charge in [0.15, 0.2) is 0 Å². The Morgan fingerprint density at radius 2 is 2.05 bits per heavy atom. The van der Waals surface area contributed by atoms with Crippen molar-refractivity contribution >= 4 is 11.8 Å². The largest absolute Gasteiger partial charge is 0.444 e. The molecule has 1 saturated carbocycles. The third-order valence-electron chi connectivity index (χ3n) is 3.82. The van der Waals surface area contributed by atoms with Gasteiger partial charge < -0.3 is 15.0 Å². The Morgan fingerprint density at radius 3 is 2.71 bits per heavy atom. The second kappa shape index (κ2) is 5.24. The van der Waals surface area contributed by atoms with Crippen molar-refractivity contribution < 1.29 is 9.53 Å². The molecule has 1 aliphatic heterocycles. The quantitative estimate of drug-likeness (QED) is 0.904. The van der Waals surface area contributed by atoms with Gasteiger partial charge in [-0.15, -0.1) is 0 Å². The van der Waals surface area contributed by atoms with Gasteiger partial charge in [0.25, 0.3) is 0 Å². The molecule has 114 valence electrons. The first-order valence-electron chi connectivity index (χ1n) is 7.77. The van der Waals surface area contributed by atoms with Crippen molar-refractivity contribution in [3.63, 3.8) is 0 Å². The Bertz CT molecular complexity index is 544. The Hall–Kier alpha value is -1.71. The number of amides is 1. The van der Waals surface area contributed by atoms with Crippen LogP contribution in [0.4, 0.5) is 10.5 Å². The highest BCUT2D eigenvalue weighted by molar-refractivity contribution is 5.69. The Balaban J connectivity index is 1.69. The first-order valence-corrected chi connectivity index (χ1v) is 7.77. The van der Waals surface area contributed by atoms with Crippen LogP contribution in [0.5, 0.6) is 0 Å². The number of fused-ring (bicyclic) bond motifs is 1. The van der Waals surface area contributed by atoms with E-state index >= 15 is 0 Å². The van der Waals surface area contributed by atoms with Gasteiger partial charge in [-0.25, -0.2) is 4.79 Å². The van der Waals surface area contributed by atoms with Crippen molar-refractivity contribution in [3.05, 3.63) is 29.3 Å². The molecule has 0 unspecified atom stereocenters. The zero-order chi connectivity index (χ0) is 15.0. The lowest BCUT2D eigenvalue weighted by atomic mass is 9.99. The maximum absolute atomic E-state index is 12.2. The Kier molecular flexibility index (Phi) is 3.56. The predicted molar refractivity (Wildman–Crippen MR) is 83.4 cm³/mol. The summed E-state index contributed by atoms with van der Waals surface area (Å²) in [4.78, 5) is 14.0. The van der Waals surface area contributed by atoms with Gasteiger partial charge in [0, 0.05) is 24.8 Å². The van der Waals surface area contributed by atoms with Crippen LogP contribution in [0.2, 0.25) is 0 Å². The van der Waals surface area contributed by atoms with Crippen molar-refractivity contribution in [2.24, 2.45) is 0 Å². The highest BCUT2D eigenvalue weighted by Crippen LogP contribution is 2.28. The van der Waals surface area contributed by atoms with Crippen LogP contribution in [0.15, 0.2) is 18.2 Å². The molecule has 4 heteroatoms. The summed E-state index contributed by atoms with van der Waals surface area (Å²) < 4.78 is 5.47. The number of ether oxygens (including phenoxy) is 1. The molecule has 1 fully saturated rings. The zero-order valence-electron chi connectivity index (χ0n) is 13.1. The molecule has 0 spiro atoms. The number of anilines is 1. The van der Waals surface area contributed by atoms with E-state index < -0.39 is 5.60 Å². The second-order valence-corrected chi connectivity index (χ2v) is 7.05. The fourth-order valence-corrected chi connectivity index (χ4v) is 2.59. The predicted octanol–water partition coefficient (Wildman–Crippen LogP) is 3.55. The summed E-state index contributed by atoms with van der Waals surface area (Å²) in [6.45, 7) is 7.09. The molecular weight excluding hydrogens is 264 g/mol. The third-order valence-corrected chi connectivity index (χ3v) is 3.82. The standard InChI is InChI=1S/C17H24N2O2/c1-17(2,3)21-16(20)19-9-8-12-4-5-15(10-13(12)11-19)18-14-6-7-14/h4-5,10,14,18H,6-9,11H2,1-3H3. The zero-order valence-corrected chi connectivity index (χ0v) is 13.1. The smallest absolute Gasteiger partial charge is 0.410 e. The van der Waals surface area contributed by atoms with Crippen LogP contribution in [-0.2, 0) is 17.7 Å². The summed E-state index contributed by atoms with van der Waals surface area (Å²) in [6, 6.07) is 7.17. The molecule has 0 radical (unpaired) electrons. The van der Waals surface area contributed by atoms with Gasteiger partial charge in [0.05, 0.1) is 0 Å². The number of hydrogen-bond donors (Lipinski definition) is 1. The summed E-state index contributed by atoms with van der Waals surface area (Å²) in [5.41, 5.74) is 3.31. The van der Waals surface area contributed by atoms with E-state index in [-0.39, 0.29) is 6.09 Å². The number of benzene rings is 1. The highest BCUT2D eigenvalue weighted by Gasteiger charge is 2.26. The van der Waals surface area contributed by atoms with E-state index in [1.54, 1.807) is 4.90 Å². The molecule has 0 saturated heterocycles. The van der Waals surface area contributed by atoms with E-state index in [2.05, 4.69) is 23.5 Å². The van der Waals surface area contributed by atoms with Gasteiger partial charge in [0.2, 0.25) is 0 Å². The van der Waals surface area contributed by atoms with Gasteiger partial charge in [-0.05, 0) is 63.3 Å². The fourth-order valence-electron chi connectivity index (χ4n) is 2.59. The molecule has 1 aliphatic carbocycles. The van der Waals surface area contributed by atoms with E-state index in [9.17, 15) is 4.79 Å². The summed E-state index contributed by atoms with van der Waals surface area (Å²) in [7, 11) is 0. The van der Waals surface area contributed by atoms with Gasteiger partial charge in [-0.3, -0.25) is 0 Å². The SMILES string of the molecule is CC(C)(C)OC(=O)N1CCc2ccc(NC3CC3)cc2C1. The maximum Gasteiger partial charge on any atom is 0.410 e. The average molecular weight is 288 g/mol. The van der Waals surface area contributed by atoms with Crippen molar-refractivity contribution in [1.29, 1.82) is 0 Å². The van der Waals surface area contributed by atoms with Crippen molar-refractivity contribution in [2.75, 3.05) is 11.9 Å². The van der Waals surface area contributed by atoms with Crippen molar-refractivity contribution in [1.82, 2.24) is 4.90 Å². The number of carbonyl (C=O) groups excluding carboxylic acids is 1. The molecule has 2 aliphatic rings. The van der Waals surface area contributed by atoms with Gasteiger partial charge in [-0.1, -0.05) is 6.07 Å². The number of rotatable bonds is 2.